The van der Waals surface area contributed by atoms with Gasteiger partial charge in [-0.3, -0.25) is 0 Å². The quantitative estimate of drug-likeness (QED) is 0.418. The van der Waals surface area contributed by atoms with E-state index in [0.29, 0.717) is 0 Å². The molecule has 0 bridgehead atoms. The third-order valence-electron chi connectivity index (χ3n) is 4.45. The van der Waals surface area contributed by atoms with Crippen LogP contribution in [-0.4, -0.2) is 5.11 Å². The van der Waals surface area contributed by atoms with Crippen LogP contribution >= 0.6 is 0 Å². The highest BCUT2D eigenvalue weighted by atomic mass is 19.1. The predicted octanol–water partition coefficient (Wildman–Crippen LogP) is 9.30. The molecule has 3 aromatic carbocycles. The molecule has 3 rings (SSSR count). The van der Waals surface area contributed by atoms with Gasteiger partial charge in [0.25, 0.3) is 0 Å². The Balaban J connectivity index is 0.000000552. The van der Waals surface area contributed by atoms with E-state index in [-0.39, 0.29) is 11.9 Å². The molecule has 3 aromatic rings. The zero-order valence-electron chi connectivity index (χ0n) is 21.5. The average Bonchev–Trinajstić information content (AvgIpc) is 2.84. The molecule has 0 aliphatic carbocycles. The molecule has 33 heavy (non-hydrogen) atoms. The second kappa shape index (κ2) is 17.6. The Labute approximate surface area is 201 Å². The van der Waals surface area contributed by atoms with Crippen molar-refractivity contribution < 1.29 is 9.50 Å². The van der Waals surface area contributed by atoms with Crippen molar-refractivity contribution in [2.24, 2.45) is 0 Å². The first-order valence-corrected chi connectivity index (χ1v) is 11.8. The Hall–Kier alpha value is -2.91. The number of anilines is 2. The molecular weight excluding hydrogens is 409 g/mol. The lowest BCUT2D eigenvalue weighted by atomic mass is 10.1. The first-order valence-electron chi connectivity index (χ1n) is 11.8. The Kier molecular flexibility index (Phi) is 16.1. The van der Waals surface area contributed by atoms with E-state index < -0.39 is 0 Å². The number of nitrogens with zero attached hydrogens (tertiary/aromatic N) is 1. The van der Waals surface area contributed by atoms with Crippen LogP contribution in [0.25, 0.3) is 0 Å². The highest BCUT2D eigenvalue weighted by Crippen LogP contribution is 2.25. The normalized spacial score (nSPS) is 10.2. The molecule has 0 saturated carbocycles. The Bertz CT molecular complexity index is 825. The molecule has 0 saturated heterocycles. The van der Waals surface area contributed by atoms with Crippen LogP contribution in [0, 0.1) is 19.7 Å². The summed E-state index contributed by atoms with van der Waals surface area (Å²) in [6.07, 6.45) is 3.46. The summed E-state index contributed by atoms with van der Waals surface area (Å²) >= 11 is 0. The molecule has 0 amide bonds. The highest BCUT2D eigenvalue weighted by molar-refractivity contribution is 5.65. The third kappa shape index (κ3) is 11.5. The van der Waals surface area contributed by atoms with E-state index in [1.54, 1.807) is 18.3 Å². The van der Waals surface area contributed by atoms with Crippen LogP contribution < -0.4 is 4.90 Å². The van der Waals surface area contributed by atoms with Gasteiger partial charge in [0.05, 0.1) is 6.10 Å². The maximum Gasteiger partial charge on any atom is 0.123 e. The van der Waals surface area contributed by atoms with Crippen molar-refractivity contribution in [3.05, 3.63) is 108 Å². The van der Waals surface area contributed by atoms with Crippen molar-refractivity contribution in [2.45, 2.75) is 67.4 Å². The number of aliphatic hydroxyl groups is 1. The second-order valence-electron chi connectivity index (χ2n) is 7.41. The van der Waals surface area contributed by atoms with E-state index in [4.69, 9.17) is 0 Å². The molecule has 0 aliphatic rings. The van der Waals surface area contributed by atoms with Crippen molar-refractivity contribution >= 4 is 11.4 Å². The molecule has 1 atom stereocenters. The van der Waals surface area contributed by atoms with Crippen molar-refractivity contribution in [1.29, 1.82) is 0 Å². The summed E-state index contributed by atoms with van der Waals surface area (Å²) in [5.41, 5.74) is 5.36. The molecule has 0 heterocycles. The molecule has 0 fully saturated rings. The van der Waals surface area contributed by atoms with Gasteiger partial charge in [-0.2, -0.15) is 0 Å². The number of rotatable bonds is 5. The average molecular weight is 452 g/mol. The van der Waals surface area contributed by atoms with E-state index in [0.717, 1.165) is 23.4 Å². The smallest absolute Gasteiger partial charge is 0.123 e. The van der Waals surface area contributed by atoms with Gasteiger partial charge in [-0.15, -0.1) is 0 Å². The number of hydrogen-bond donors (Lipinski definition) is 1. The minimum atomic E-state index is -0.296. The Morgan fingerprint density at radius 2 is 1.15 bits per heavy atom. The lowest BCUT2D eigenvalue weighted by Crippen LogP contribution is -2.07. The van der Waals surface area contributed by atoms with Crippen molar-refractivity contribution in [1.82, 2.24) is 0 Å². The van der Waals surface area contributed by atoms with Crippen LogP contribution in [0.2, 0.25) is 0 Å². The van der Waals surface area contributed by atoms with Gasteiger partial charge >= 0.3 is 0 Å². The lowest BCUT2D eigenvalue weighted by Gasteiger charge is -2.20. The standard InChI is InChI=1S/C15H14FN.C10H14O.C3H8.C2H6/c1-3-17(14-8-4-12(2)5-9-14)15-10-6-13(16)7-11-15;1-3-10(11)9-6-4-8(2)5-7-9;1-3-2;1-2/h3-11H,1H2,2H3;4-7,10-11H,3H2,1-2H3;3H2,1-2H3;1-2H3. The maximum absolute atomic E-state index is 12.9. The Morgan fingerprint density at radius 3 is 1.52 bits per heavy atom. The zero-order valence-corrected chi connectivity index (χ0v) is 21.5. The number of hydrogen-bond acceptors (Lipinski definition) is 2. The van der Waals surface area contributed by atoms with Crippen LogP contribution in [0.15, 0.2) is 85.6 Å². The topological polar surface area (TPSA) is 23.5 Å². The van der Waals surface area contributed by atoms with Gasteiger partial charge in [-0.25, -0.2) is 4.39 Å². The summed E-state index contributed by atoms with van der Waals surface area (Å²) in [5.74, 6) is -0.235. The van der Waals surface area contributed by atoms with Crippen LogP contribution in [0.3, 0.4) is 0 Å². The van der Waals surface area contributed by atoms with Crippen LogP contribution in [0.1, 0.15) is 70.3 Å². The minimum absolute atomic E-state index is 0.235. The first kappa shape index (κ1) is 30.1. The molecule has 1 unspecified atom stereocenters. The van der Waals surface area contributed by atoms with Gasteiger partial charge < -0.3 is 10.0 Å². The molecule has 3 heteroatoms. The second-order valence-corrected chi connectivity index (χ2v) is 7.41. The number of aliphatic hydroxyl groups excluding tert-OH is 1. The monoisotopic (exact) mass is 451 g/mol. The fourth-order valence-electron chi connectivity index (χ4n) is 2.69. The van der Waals surface area contributed by atoms with E-state index in [9.17, 15) is 9.50 Å². The molecule has 180 valence electrons. The van der Waals surface area contributed by atoms with Gasteiger partial charge in [-0.05, 0) is 62.2 Å². The molecular formula is C30H42FNO. The Morgan fingerprint density at radius 1 is 0.788 bits per heavy atom. The fraction of sp³-hybridized carbons (Fsp3) is 0.333. The number of benzene rings is 3. The van der Waals surface area contributed by atoms with E-state index in [1.165, 1.54) is 29.7 Å². The molecule has 1 N–H and O–H groups in total. The van der Waals surface area contributed by atoms with Gasteiger partial charge in [0.1, 0.15) is 5.82 Å². The number of halogens is 1. The fourth-order valence-corrected chi connectivity index (χ4v) is 2.69. The van der Waals surface area contributed by atoms with Gasteiger partial charge in [0.15, 0.2) is 0 Å². The zero-order chi connectivity index (χ0) is 25.2. The summed E-state index contributed by atoms with van der Waals surface area (Å²) in [7, 11) is 0. The summed E-state index contributed by atoms with van der Waals surface area (Å²) < 4.78 is 12.9. The first-order chi connectivity index (χ1) is 15.9. The van der Waals surface area contributed by atoms with E-state index in [2.05, 4.69) is 20.4 Å². The number of aryl methyl sites for hydroxylation is 2. The van der Waals surface area contributed by atoms with Gasteiger partial charge in [-0.1, -0.05) is 95.1 Å². The predicted molar refractivity (Wildman–Crippen MR) is 144 cm³/mol. The van der Waals surface area contributed by atoms with Crippen molar-refractivity contribution in [3.63, 3.8) is 0 Å². The lowest BCUT2D eigenvalue weighted by molar-refractivity contribution is 0.173. The SMILES string of the molecule is C=CN(c1ccc(C)cc1)c1ccc(F)cc1.CC.CCC.CCC(O)c1ccc(C)cc1. The molecule has 0 aromatic heterocycles. The van der Waals surface area contributed by atoms with E-state index in [1.807, 2.05) is 88.0 Å². The van der Waals surface area contributed by atoms with Crippen molar-refractivity contribution in [2.75, 3.05) is 4.90 Å². The summed E-state index contributed by atoms with van der Waals surface area (Å²) in [4.78, 5) is 1.92. The van der Waals surface area contributed by atoms with Gasteiger partial charge in [0.2, 0.25) is 0 Å². The summed E-state index contributed by atoms with van der Waals surface area (Å²) in [6.45, 7) is 18.1. The minimum Gasteiger partial charge on any atom is -0.388 e. The summed E-state index contributed by atoms with van der Waals surface area (Å²) in [6, 6.07) is 22.5. The third-order valence-corrected chi connectivity index (χ3v) is 4.45. The molecule has 2 nitrogen and oxygen atoms in total. The van der Waals surface area contributed by atoms with Crippen LogP contribution in [0.4, 0.5) is 15.8 Å². The largest absolute Gasteiger partial charge is 0.388 e. The molecule has 0 spiro atoms. The van der Waals surface area contributed by atoms with Crippen LogP contribution in [-0.2, 0) is 0 Å². The maximum atomic E-state index is 12.9. The van der Waals surface area contributed by atoms with E-state index >= 15 is 0 Å². The summed E-state index contributed by atoms with van der Waals surface area (Å²) in [5, 5.41) is 9.42. The van der Waals surface area contributed by atoms with Crippen LogP contribution in [0.5, 0.6) is 0 Å². The van der Waals surface area contributed by atoms with Crippen molar-refractivity contribution in [3.8, 4) is 0 Å². The molecule has 0 radical (unpaired) electrons. The highest BCUT2D eigenvalue weighted by Gasteiger charge is 2.05. The van der Waals surface area contributed by atoms with Gasteiger partial charge in [0, 0.05) is 17.6 Å². The molecule has 0 aliphatic heterocycles.